The molecule has 0 aliphatic heterocycles. The summed E-state index contributed by atoms with van der Waals surface area (Å²) < 4.78 is 5.21. The molecule has 0 radical (unpaired) electrons. The van der Waals surface area contributed by atoms with Crippen LogP contribution >= 0.6 is 23.1 Å². The molecule has 0 fully saturated rings. The number of hydrogen-bond donors (Lipinski definition) is 1. The summed E-state index contributed by atoms with van der Waals surface area (Å²) >= 11 is 3.06. The number of H-pyrrole nitrogens is 1. The molecule has 0 amide bonds. The van der Waals surface area contributed by atoms with Crippen molar-refractivity contribution in [3.8, 4) is 10.7 Å². The van der Waals surface area contributed by atoms with Crippen LogP contribution < -0.4 is 0 Å². The molecular formula is C15H13N3O2S2. The SMILES string of the molecule is O=C(OCCSc1n[nH]c(-c2cccs2)n1)c1ccccc1. The van der Waals surface area contributed by atoms with Crippen molar-refractivity contribution >= 4 is 29.1 Å². The number of thiophene rings is 1. The van der Waals surface area contributed by atoms with Crippen molar-refractivity contribution in [2.75, 3.05) is 12.4 Å². The fourth-order valence-corrected chi connectivity index (χ4v) is 3.04. The van der Waals surface area contributed by atoms with E-state index in [9.17, 15) is 4.79 Å². The Kier molecular flexibility index (Phi) is 4.87. The normalized spacial score (nSPS) is 10.5. The number of aromatic amines is 1. The van der Waals surface area contributed by atoms with Gasteiger partial charge >= 0.3 is 5.97 Å². The lowest BCUT2D eigenvalue weighted by molar-refractivity contribution is 0.0530. The molecule has 1 N–H and O–H groups in total. The number of carbonyl (C=O) groups excluding carboxylic acids is 1. The van der Waals surface area contributed by atoms with Gasteiger partial charge in [0.25, 0.3) is 0 Å². The molecule has 0 aliphatic carbocycles. The van der Waals surface area contributed by atoms with Crippen molar-refractivity contribution in [1.29, 1.82) is 0 Å². The molecular weight excluding hydrogens is 318 g/mol. The van der Waals surface area contributed by atoms with Gasteiger partial charge in [-0.3, -0.25) is 5.10 Å². The molecule has 0 saturated heterocycles. The zero-order valence-corrected chi connectivity index (χ0v) is 13.2. The predicted molar refractivity (Wildman–Crippen MR) is 87.1 cm³/mol. The monoisotopic (exact) mass is 331 g/mol. The predicted octanol–water partition coefficient (Wildman–Crippen LogP) is 3.48. The summed E-state index contributed by atoms with van der Waals surface area (Å²) in [6.45, 7) is 0.321. The summed E-state index contributed by atoms with van der Waals surface area (Å²) in [5, 5.41) is 9.69. The maximum Gasteiger partial charge on any atom is 0.338 e. The highest BCUT2D eigenvalue weighted by Gasteiger charge is 2.08. The highest BCUT2D eigenvalue weighted by Crippen LogP contribution is 2.23. The van der Waals surface area contributed by atoms with Gasteiger partial charge in [0.05, 0.1) is 10.4 Å². The van der Waals surface area contributed by atoms with Gasteiger partial charge in [0.15, 0.2) is 5.82 Å². The maximum atomic E-state index is 11.7. The van der Waals surface area contributed by atoms with Crippen molar-refractivity contribution in [1.82, 2.24) is 15.2 Å². The number of aromatic nitrogens is 3. The molecule has 2 heterocycles. The van der Waals surface area contributed by atoms with Gasteiger partial charge in [0.1, 0.15) is 6.61 Å². The summed E-state index contributed by atoms with van der Waals surface area (Å²) in [7, 11) is 0. The fraction of sp³-hybridized carbons (Fsp3) is 0.133. The van der Waals surface area contributed by atoms with E-state index in [1.54, 1.807) is 23.5 Å². The summed E-state index contributed by atoms with van der Waals surface area (Å²) in [4.78, 5) is 17.2. The fourth-order valence-electron chi connectivity index (χ4n) is 1.76. The molecule has 5 nitrogen and oxygen atoms in total. The summed E-state index contributed by atoms with van der Waals surface area (Å²) in [6.07, 6.45) is 0. The van der Waals surface area contributed by atoms with Gasteiger partial charge in [0.2, 0.25) is 5.16 Å². The number of esters is 1. The third-order valence-electron chi connectivity index (χ3n) is 2.78. The first kappa shape index (κ1) is 14.8. The molecule has 0 bridgehead atoms. The Balaban J connectivity index is 1.45. The number of carbonyl (C=O) groups is 1. The van der Waals surface area contributed by atoms with Crippen molar-refractivity contribution in [3.05, 3.63) is 53.4 Å². The van der Waals surface area contributed by atoms with E-state index < -0.39 is 0 Å². The molecule has 0 aliphatic rings. The van der Waals surface area contributed by atoms with E-state index in [1.165, 1.54) is 11.8 Å². The second kappa shape index (κ2) is 7.24. The second-order valence-corrected chi connectivity index (χ2v) is 6.30. The summed E-state index contributed by atoms with van der Waals surface area (Å²) in [5.41, 5.74) is 0.561. The average Bonchev–Trinajstić information content (AvgIpc) is 3.23. The number of benzene rings is 1. The van der Waals surface area contributed by atoms with Crippen LogP contribution in [0.5, 0.6) is 0 Å². The van der Waals surface area contributed by atoms with Crippen molar-refractivity contribution in [2.45, 2.75) is 5.16 Å². The van der Waals surface area contributed by atoms with Gasteiger partial charge < -0.3 is 4.74 Å². The van der Waals surface area contributed by atoms with Gasteiger partial charge in [0, 0.05) is 5.75 Å². The standard InChI is InChI=1S/C15H13N3O2S2/c19-14(11-5-2-1-3-6-11)20-8-10-22-15-16-13(17-18-15)12-7-4-9-21-12/h1-7,9H,8,10H2,(H,16,17,18). The highest BCUT2D eigenvalue weighted by molar-refractivity contribution is 7.99. The van der Waals surface area contributed by atoms with Crippen LogP contribution in [0.25, 0.3) is 10.7 Å². The minimum absolute atomic E-state index is 0.310. The Hall–Kier alpha value is -2.12. The van der Waals surface area contributed by atoms with Crippen LogP contribution in [0.2, 0.25) is 0 Å². The van der Waals surface area contributed by atoms with Gasteiger partial charge in [-0.1, -0.05) is 36.0 Å². The maximum absolute atomic E-state index is 11.7. The lowest BCUT2D eigenvalue weighted by Gasteiger charge is -2.03. The molecule has 0 unspecified atom stereocenters. The first-order chi connectivity index (χ1) is 10.8. The molecule has 22 heavy (non-hydrogen) atoms. The Morgan fingerprint density at radius 2 is 2.09 bits per heavy atom. The lowest BCUT2D eigenvalue weighted by Crippen LogP contribution is -2.07. The van der Waals surface area contributed by atoms with E-state index in [-0.39, 0.29) is 5.97 Å². The van der Waals surface area contributed by atoms with Crippen LogP contribution in [0.3, 0.4) is 0 Å². The summed E-state index contributed by atoms with van der Waals surface area (Å²) in [6, 6.07) is 12.9. The molecule has 0 spiro atoms. The number of thioether (sulfide) groups is 1. The lowest BCUT2D eigenvalue weighted by atomic mass is 10.2. The van der Waals surface area contributed by atoms with Crippen LogP contribution in [-0.4, -0.2) is 33.5 Å². The average molecular weight is 331 g/mol. The minimum Gasteiger partial charge on any atom is -0.461 e. The Morgan fingerprint density at radius 3 is 2.86 bits per heavy atom. The van der Waals surface area contributed by atoms with Crippen LogP contribution in [0.1, 0.15) is 10.4 Å². The van der Waals surface area contributed by atoms with Crippen molar-refractivity contribution in [2.24, 2.45) is 0 Å². The number of rotatable bonds is 6. The van der Waals surface area contributed by atoms with Gasteiger partial charge in [-0.25, -0.2) is 9.78 Å². The molecule has 0 saturated carbocycles. The topological polar surface area (TPSA) is 67.9 Å². The van der Waals surface area contributed by atoms with Crippen LogP contribution in [-0.2, 0) is 4.74 Å². The van der Waals surface area contributed by atoms with Crippen molar-refractivity contribution in [3.63, 3.8) is 0 Å². The molecule has 112 valence electrons. The van der Waals surface area contributed by atoms with Crippen LogP contribution in [0.15, 0.2) is 53.0 Å². The minimum atomic E-state index is -0.310. The Bertz CT molecular complexity index is 726. The van der Waals surface area contributed by atoms with Crippen molar-refractivity contribution < 1.29 is 9.53 Å². The Morgan fingerprint density at radius 1 is 1.23 bits per heavy atom. The molecule has 0 atom stereocenters. The largest absolute Gasteiger partial charge is 0.461 e. The van der Waals surface area contributed by atoms with E-state index in [0.29, 0.717) is 23.1 Å². The summed E-state index contributed by atoms with van der Waals surface area (Å²) in [5.74, 6) is 1.06. The van der Waals surface area contributed by atoms with E-state index in [0.717, 1.165) is 10.7 Å². The third kappa shape index (κ3) is 3.75. The molecule has 7 heteroatoms. The zero-order chi connectivity index (χ0) is 15.2. The van der Waals surface area contributed by atoms with E-state index in [4.69, 9.17) is 4.74 Å². The van der Waals surface area contributed by atoms with Gasteiger partial charge in [-0.05, 0) is 23.6 Å². The van der Waals surface area contributed by atoms with E-state index in [1.807, 2.05) is 35.7 Å². The molecule has 1 aromatic carbocycles. The van der Waals surface area contributed by atoms with E-state index in [2.05, 4.69) is 15.2 Å². The molecule has 3 aromatic rings. The first-order valence-electron chi connectivity index (χ1n) is 6.64. The van der Waals surface area contributed by atoms with Gasteiger partial charge in [-0.2, -0.15) is 0 Å². The number of hydrogen-bond acceptors (Lipinski definition) is 6. The third-order valence-corrected chi connectivity index (χ3v) is 4.46. The smallest absolute Gasteiger partial charge is 0.338 e. The quantitative estimate of drug-likeness (QED) is 0.425. The number of ether oxygens (including phenoxy) is 1. The highest BCUT2D eigenvalue weighted by atomic mass is 32.2. The van der Waals surface area contributed by atoms with Crippen LogP contribution in [0, 0.1) is 0 Å². The van der Waals surface area contributed by atoms with Crippen LogP contribution in [0.4, 0.5) is 0 Å². The second-order valence-electron chi connectivity index (χ2n) is 4.29. The number of nitrogens with zero attached hydrogens (tertiary/aromatic N) is 2. The van der Waals surface area contributed by atoms with Gasteiger partial charge in [-0.15, -0.1) is 16.4 Å². The Labute approximate surface area is 135 Å². The first-order valence-corrected chi connectivity index (χ1v) is 8.51. The number of nitrogens with one attached hydrogen (secondary N) is 1. The molecule has 3 rings (SSSR count). The van der Waals surface area contributed by atoms with E-state index >= 15 is 0 Å². The molecule has 2 aromatic heterocycles. The zero-order valence-electron chi connectivity index (χ0n) is 11.6.